The maximum atomic E-state index is 16.2. The molecular weight excluding hydrogens is 592 g/mol. The Balaban J connectivity index is 1.57. The summed E-state index contributed by atoms with van der Waals surface area (Å²) >= 11 is 0. The van der Waals surface area contributed by atoms with Gasteiger partial charge in [-0.05, 0) is 36.1 Å². The highest BCUT2D eigenvalue weighted by atomic mass is 19.3. The van der Waals surface area contributed by atoms with Crippen molar-refractivity contribution in [3.8, 4) is 11.5 Å². The third kappa shape index (κ3) is 5.47. The number of carbonyl (C=O) groups is 2. The Bertz CT molecular complexity index is 1830. The molecule has 12 heteroatoms. The number of ether oxygens (including phenoxy) is 1. The molecule has 1 amide bonds. The van der Waals surface area contributed by atoms with Crippen molar-refractivity contribution in [2.24, 2.45) is 5.41 Å². The summed E-state index contributed by atoms with van der Waals surface area (Å²) in [6.07, 6.45) is -0.00237. The van der Waals surface area contributed by atoms with E-state index < -0.39 is 57.8 Å². The molecule has 1 aliphatic carbocycles. The first-order chi connectivity index (χ1) is 21.4. The van der Waals surface area contributed by atoms with Gasteiger partial charge >= 0.3 is 6.11 Å². The van der Waals surface area contributed by atoms with Crippen molar-refractivity contribution in [3.63, 3.8) is 0 Å². The molecule has 4 aromatic rings. The number of carbonyl (C=O) groups excluding carboxylic acids is 2. The molecule has 1 aromatic heterocycles. The van der Waals surface area contributed by atoms with Crippen LogP contribution < -0.4 is 15.0 Å². The van der Waals surface area contributed by atoms with Crippen LogP contribution in [0.3, 0.4) is 0 Å². The second-order valence-electron chi connectivity index (χ2n) is 11.6. The lowest BCUT2D eigenvalue weighted by Crippen LogP contribution is -2.40. The summed E-state index contributed by atoms with van der Waals surface area (Å²) in [5.74, 6) is -5.18. The number of halogens is 4. The van der Waals surface area contributed by atoms with Gasteiger partial charge in [-0.3, -0.25) is 19.5 Å². The SMILES string of the molecule is CC1(C)CC(=O)C2=C(C1)Nc1c(O)cccc1N(C(=O)c1cnccn1)C2c1c(F)cc(OC(F)(F)c2ccccc2)cc1F. The van der Waals surface area contributed by atoms with Gasteiger partial charge in [0.2, 0.25) is 0 Å². The first-order valence-corrected chi connectivity index (χ1v) is 13.9. The molecule has 2 N–H and O–H groups in total. The predicted molar refractivity (Wildman–Crippen MR) is 156 cm³/mol. The summed E-state index contributed by atoms with van der Waals surface area (Å²) in [6, 6.07) is 10.1. The number of alkyl halides is 2. The number of phenolic OH excluding ortho intramolecular Hbond substituents is 1. The lowest BCUT2D eigenvalue weighted by atomic mass is 9.73. The zero-order valence-electron chi connectivity index (χ0n) is 24.0. The number of Topliss-reactive ketones (excluding diaryl/α,β-unsaturated/α-hetero) is 1. The fourth-order valence-electron chi connectivity index (χ4n) is 5.79. The van der Waals surface area contributed by atoms with Crippen LogP contribution in [-0.4, -0.2) is 26.8 Å². The number of amides is 1. The summed E-state index contributed by atoms with van der Waals surface area (Å²) in [6.45, 7) is 3.68. The topological polar surface area (TPSA) is 105 Å². The van der Waals surface area contributed by atoms with E-state index in [1.54, 1.807) is 0 Å². The van der Waals surface area contributed by atoms with Crippen LogP contribution in [-0.2, 0) is 10.9 Å². The van der Waals surface area contributed by atoms with Gasteiger partial charge in [0.1, 0.15) is 34.5 Å². The molecule has 230 valence electrons. The zero-order valence-corrected chi connectivity index (χ0v) is 24.0. The van der Waals surface area contributed by atoms with Gasteiger partial charge < -0.3 is 15.2 Å². The Labute approximate surface area is 255 Å². The highest BCUT2D eigenvalue weighted by Gasteiger charge is 2.46. The second-order valence-corrected chi connectivity index (χ2v) is 11.6. The van der Waals surface area contributed by atoms with E-state index in [1.165, 1.54) is 48.8 Å². The molecule has 0 spiro atoms. The van der Waals surface area contributed by atoms with Crippen molar-refractivity contribution in [2.75, 3.05) is 10.2 Å². The summed E-state index contributed by atoms with van der Waals surface area (Å²) < 4.78 is 67.0. The number of phenols is 1. The molecule has 0 saturated heterocycles. The number of fused-ring (bicyclic) bond motifs is 1. The quantitative estimate of drug-likeness (QED) is 0.183. The molecule has 2 heterocycles. The molecule has 45 heavy (non-hydrogen) atoms. The van der Waals surface area contributed by atoms with E-state index >= 15 is 8.78 Å². The van der Waals surface area contributed by atoms with E-state index in [0.29, 0.717) is 12.1 Å². The summed E-state index contributed by atoms with van der Waals surface area (Å²) in [7, 11) is 0. The summed E-state index contributed by atoms with van der Waals surface area (Å²) in [5.41, 5.74) is -1.96. The van der Waals surface area contributed by atoms with Crippen molar-refractivity contribution in [1.29, 1.82) is 0 Å². The zero-order chi connectivity index (χ0) is 32.1. The number of ketones is 1. The molecule has 1 aliphatic heterocycles. The van der Waals surface area contributed by atoms with E-state index in [2.05, 4.69) is 15.3 Å². The number of aromatic nitrogens is 2. The number of nitrogens with zero attached hydrogens (tertiary/aromatic N) is 3. The minimum absolute atomic E-state index is 0.00889. The Morgan fingerprint density at radius 1 is 1.04 bits per heavy atom. The minimum atomic E-state index is -3.93. The van der Waals surface area contributed by atoms with Crippen LogP contribution in [0.4, 0.5) is 28.9 Å². The maximum Gasteiger partial charge on any atom is 0.426 e. The molecule has 0 fully saturated rings. The molecular formula is C33H26F4N4O4. The highest BCUT2D eigenvalue weighted by Crippen LogP contribution is 2.51. The lowest BCUT2D eigenvalue weighted by molar-refractivity contribution is -0.185. The van der Waals surface area contributed by atoms with Gasteiger partial charge in [-0.15, -0.1) is 0 Å². The first-order valence-electron chi connectivity index (χ1n) is 13.9. The normalized spacial score (nSPS) is 17.6. The smallest absolute Gasteiger partial charge is 0.426 e. The Kier molecular flexibility index (Phi) is 7.30. The van der Waals surface area contributed by atoms with Crippen molar-refractivity contribution >= 4 is 23.1 Å². The van der Waals surface area contributed by atoms with Gasteiger partial charge in [0.05, 0.1) is 29.1 Å². The number of anilines is 2. The molecule has 0 bridgehead atoms. The Hall–Kier alpha value is -5.26. The van der Waals surface area contributed by atoms with Gasteiger partial charge in [-0.2, -0.15) is 8.78 Å². The predicted octanol–water partition coefficient (Wildman–Crippen LogP) is 7.05. The number of aromatic hydroxyl groups is 1. The molecule has 2 aliphatic rings. The van der Waals surface area contributed by atoms with Crippen molar-refractivity contribution in [1.82, 2.24) is 9.97 Å². The minimum Gasteiger partial charge on any atom is -0.506 e. The van der Waals surface area contributed by atoms with Gasteiger partial charge in [0, 0.05) is 42.2 Å². The second kappa shape index (κ2) is 11.0. The van der Waals surface area contributed by atoms with Gasteiger partial charge in [-0.25, -0.2) is 13.8 Å². The lowest BCUT2D eigenvalue weighted by Gasteiger charge is -2.37. The molecule has 1 atom stereocenters. The van der Waals surface area contributed by atoms with Crippen LogP contribution in [0.2, 0.25) is 0 Å². The van der Waals surface area contributed by atoms with E-state index in [4.69, 9.17) is 4.74 Å². The number of rotatable bonds is 5. The highest BCUT2D eigenvalue weighted by molar-refractivity contribution is 6.11. The number of allylic oxidation sites excluding steroid dienone is 1. The fourth-order valence-corrected chi connectivity index (χ4v) is 5.79. The van der Waals surface area contributed by atoms with Gasteiger partial charge in [-0.1, -0.05) is 38.1 Å². The number of hydrogen-bond acceptors (Lipinski definition) is 7. The molecule has 0 saturated carbocycles. The maximum absolute atomic E-state index is 16.2. The third-order valence-electron chi connectivity index (χ3n) is 7.69. The van der Waals surface area contributed by atoms with Gasteiger partial charge in [0.25, 0.3) is 5.91 Å². The third-order valence-corrected chi connectivity index (χ3v) is 7.69. The number of para-hydroxylation sites is 1. The molecule has 0 radical (unpaired) electrons. The van der Waals surface area contributed by atoms with Crippen LogP contribution >= 0.6 is 0 Å². The monoisotopic (exact) mass is 618 g/mol. The van der Waals surface area contributed by atoms with Crippen molar-refractivity contribution in [2.45, 2.75) is 38.8 Å². The number of hydrogen-bond donors (Lipinski definition) is 2. The fraction of sp³-hybridized carbons (Fsp3) is 0.212. The van der Waals surface area contributed by atoms with E-state index in [9.17, 15) is 23.5 Å². The molecule has 1 unspecified atom stereocenters. The standard InChI is InChI=1S/C33H26F4N4O4/c1-32(2)15-22-28(26(43)16-32)30(27-20(34)13-19(14-21(27)35)45-33(36,37)18-7-4-3-5-8-18)41(31(44)23-17-38-11-12-39-23)24-9-6-10-25(42)29(24)40-22/h3-14,17,30,40,42H,15-16H2,1-2H3. The van der Waals surface area contributed by atoms with Crippen LogP contribution in [0.15, 0.2) is 90.5 Å². The van der Waals surface area contributed by atoms with Crippen LogP contribution in [0.25, 0.3) is 0 Å². The van der Waals surface area contributed by atoms with Gasteiger partial charge in [0.15, 0.2) is 5.78 Å². The van der Waals surface area contributed by atoms with Crippen LogP contribution in [0, 0.1) is 17.0 Å². The van der Waals surface area contributed by atoms with E-state index in [1.807, 2.05) is 13.8 Å². The van der Waals surface area contributed by atoms with Crippen molar-refractivity contribution in [3.05, 3.63) is 119 Å². The Morgan fingerprint density at radius 2 is 1.76 bits per heavy atom. The molecule has 6 rings (SSSR count). The molecule has 3 aromatic carbocycles. The van der Waals surface area contributed by atoms with E-state index in [0.717, 1.165) is 23.2 Å². The van der Waals surface area contributed by atoms with Crippen molar-refractivity contribution < 1.29 is 37.0 Å². The molecule has 8 nitrogen and oxygen atoms in total. The first kappa shape index (κ1) is 29.8. The summed E-state index contributed by atoms with van der Waals surface area (Å²) in [4.78, 5) is 37.0. The largest absolute Gasteiger partial charge is 0.506 e. The number of benzene rings is 3. The average Bonchev–Trinajstić information content (AvgIpc) is 3.12. The van der Waals surface area contributed by atoms with Crippen LogP contribution in [0.1, 0.15) is 54.3 Å². The van der Waals surface area contributed by atoms with E-state index in [-0.39, 0.29) is 46.9 Å². The average molecular weight is 619 g/mol. The summed E-state index contributed by atoms with van der Waals surface area (Å²) in [5, 5.41) is 13.9. The Morgan fingerprint density at radius 3 is 2.42 bits per heavy atom. The van der Waals surface area contributed by atoms with Crippen LogP contribution in [0.5, 0.6) is 11.5 Å². The number of nitrogens with one attached hydrogen (secondary N) is 1.